The predicted molar refractivity (Wildman–Crippen MR) is 45.5 cm³/mol. The zero-order chi connectivity index (χ0) is 8.27. The summed E-state index contributed by atoms with van der Waals surface area (Å²) in [5.41, 5.74) is 5.17. The van der Waals surface area contributed by atoms with E-state index in [2.05, 4.69) is 0 Å². The van der Waals surface area contributed by atoms with Gasteiger partial charge in [0.25, 0.3) is 0 Å². The van der Waals surface area contributed by atoms with Crippen molar-refractivity contribution in [2.45, 2.75) is 23.8 Å². The van der Waals surface area contributed by atoms with Crippen molar-refractivity contribution in [2.75, 3.05) is 13.2 Å². The van der Waals surface area contributed by atoms with Gasteiger partial charge in [0.2, 0.25) is 5.91 Å². The van der Waals surface area contributed by atoms with Crippen LogP contribution in [0.15, 0.2) is 0 Å². The van der Waals surface area contributed by atoms with E-state index in [0.717, 1.165) is 19.6 Å². The largest absolute Gasteiger partial charge is 0.379 e. The molecule has 1 aliphatic heterocycles. The number of thioether (sulfide) groups is 1. The fraction of sp³-hybridized carbons (Fsp3) is 0.857. The number of primary amides is 1. The van der Waals surface area contributed by atoms with E-state index in [1.54, 1.807) is 11.8 Å². The van der Waals surface area contributed by atoms with Crippen molar-refractivity contribution in [1.29, 1.82) is 0 Å². The highest BCUT2D eigenvalue weighted by Crippen LogP contribution is 2.25. The normalized spacial score (nSPS) is 20.8. The van der Waals surface area contributed by atoms with Crippen LogP contribution in [0.2, 0.25) is 0 Å². The van der Waals surface area contributed by atoms with Crippen LogP contribution < -0.4 is 5.73 Å². The van der Waals surface area contributed by atoms with Crippen LogP contribution in [0.4, 0.5) is 0 Å². The maximum atomic E-state index is 10.8. The summed E-state index contributed by atoms with van der Waals surface area (Å²) in [6.45, 7) is 3.52. The molecule has 64 valence electrons. The molecule has 1 saturated heterocycles. The van der Waals surface area contributed by atoms with Crippen LogP contribution in [-0.2, 0) is 9.53 Å². The Morgan fingerprint density at radius 1 is 1.82 bits per heavy atom. The van der Waals surface area contributed by atoms with Gasteiger partial charge in [0, 0.05) is 0 Å². The Morgan fingerprint density at radius 2 is 2.45 bits per heavy atom. The first-order valence-corrected chi connectivity index (χ1v) is 4.70. The number of ether oxygens (including phenoxy) is 1. The molecule has 0 bridgehead atoms. The number of carbonyl (C=O) groups excluding carboxylic acids is 1. The van der Waals surface area contributed by atoms with Crippen LogP contribution in [0.5, 0.6) is 0 Å². The van der Waals surface area contributed by atoms with E-state index in [1.807, 2.05) is 6.92 Å². The highest BCUT2D eigenvalue weighted by atomic mass is 32.2. The minimum atomic E-state index is -0.204. The van der Waals surface area contributed by atoms with E-state index >= 15 is 0 Å². The second-order valence-corrected chi connectivity index (χ2v) is 4.10. The van der Waals surface area contributed by atoms with Crippen LogP contribution in [0.3, 0.4) is 0 Å². The Labute approximate surface area is 70.7 Å². The number of nitrogens with two attached hydrogens (primary N) is 1. The smallest absolute Gasteiger partial charge is 0.230 e. The summed E-state index contributed by atoms with van der Waals surface area (Å²) in [6.07, 6.45) is 0.816. The average molecular weight is 175 g/mol. The van der Waals surface area contributed by atoms with Gasteiger partial charge in [0.1, 0.15) is 0 Å². The van der Waals surface area contributed by atoms with Crippen LogP contribution in [-0.4, -0.2) is 29.6 Å². The maximum Gasteiger partial charge on any atom is 0.230 e. The lowest BCUT2D eigenvalue weighted by molar-refractivity contribution is -0.117. The molecule has 1 amide bonds. The molecule has 1 fully saturated rings. The number of hydrogen-bond acceptors (Lipinski definition) is 3. The molecule has 0 radical (unpaired) electrons. The molecule has 0 aromatic rings. The molecule has 1 unspecified atom stereocenters. The molecule has 3 nitrogen and oxygen atoms in total. The van der Waals surface area contributed by atoms with Gasteiger partial charge in [-0.3, -0.25) is 4.79 Å². The maximum absolute atomic E-state index is 10.8. The summed E-state index contributed by atoms with van der Waals surface area (Å²) in [5, 5.41) is 0.469. The first-order chi connectivity index (χ1) is 5.24. The SMILES string of the molecule is CCC(SC1COC1)C(N)=O. The van der Waals surface area contributed by atoms with Crippen molar-refractivity contribution < 1.29 is 9.53 Å². The van der Waals surface area contributed by atoms with E-state index in [4.69, 9.17) is 10.5 Å². The molecule has 1 rings (SSSR count). The van der Waals surface area contributed by atoms with Gasteiger partial charge < -0.3 is 10.5 Å². The first-order valence-electron chi connectivity index (χ1n) is 3.76. The summed E-state index contributed by atoms with van der Waals surface area (Å²) in [6, 6.07) is 0. The molecule has 0 aliphatic carbocycles. The van der Waals surface area contributed by atoms with Gasteiger partial charge in [-0.05, 0) is 6.42 Å². The van der Waals surface area contributed by atoms with Crippen molar-refractivity contribution >= 4 is 17.7 Å². The minimum Gasteiger partial charge on any atom is -0.379 e. The zero-order valence-corrected chi connectivity index (χ0v) is 7.39. The highest BCUT2D eigenvalue weighted by molar-refractivity contribution is 8.01. The third-order valence-electron chi connectivity index (χ3n) is 1.65. The molecule has 0 aromatic carbocycles. The molecule has 1 heterocycles. The Balaban J connectivity index is 2.24. The van der Waals surface area contributed by atoms with E-state index in [1.165, 1.54) is 0 Å². The van der Waals surface area contributed by atoms with Crippen molar-refractivity contribution in [3.8, 4) is 0 Å². The molecule has 1 atom stereocenters. The van der Waals surface area contributed by atoms with E-state index in [-0.39, 0.29) is 11.2 Å². The molecule has 1 aliphatic rings. The summed E-state index contributed by atoms with van der Waals surface area (Å²) in [7, 11) is 0. The van der Waals surface area contributed by atoms with Gasteiger partial charge in [0.15, 0.2) is 0 Å². The van der Waals surface area contributed by atoms with Crippen molar-refractivity contribution in [3.63, 3.8) is 0 Å². The second-order valence-electron chi connectivity index (χ2n) is 2.59. The molecular formula is C7H13NO2S. The zero-order valence-electron chi connectivity index (χ0n) is 6.58. The fourth-order valence-corrected chi connectivity index (χ4v) is 2.03. The van der Waals surface area contributed by atoms with Crippen molar-refractivity contribution in [2.24, 2.45) is 5.73 Å². The Kier molecular flexibility index (Phi) is 3.20. The molecule has 0 saturated carbocycles. The quantitative estimate of drug-likeness (QED) is 0.672. The second kappa shape index (κ2) is 3.97. The molecule has 11 heavy (non-hydrogen) atoms. The molecule has 0 spiro atoms. The van der Waals surface area contributed by atoms with Crippen LogP contribution >= 0.6 is 11.8 Å². The summed E-state index contributed by atoms with van der Waals surface area (Å²) >= 11 is 1.64. The predicted octanol–water partition coefficient (Wildman–Crippen LogP) is 0.382. The lowest BCUT2D eigenvalue weighted by atomic mass is 10.3. The van der Waals surface area contributed by atoms with E-state index in [0.29, 0.717) is 5.25 Å². The lowest BCUT2D eigenvalue weighted by Crippen LogP contribution is -2.36. The minimum absolute atomic E-state index is 0.0242. The van der Waals surface area contributed by atoms with Crippen molar-refractivity contribution in [3.05, 3.63) is 0 Å². The Hall–Kier alpha value is -0.220. The van der Waals surface area contributed by atoms with Crippen LogP contribution in [0.1, 0.15) is 13.3 Å². The average Bonchev–Trinajstić information content (AvgIpc) is 1.85. The van der Waals surface area contributed by atoms with Gasteiger partial charge in [-0.25, -0.2) is 0 Å². The number of amides is 1. The first kappa shape index (κ1) is 8.87. The fourth-order valence-electron chi connectivity index (χ4n) is 0.889. The number of rotatable bonds is 4. The molecule has 2 N–H and O–H groups in total. The Bertz CT molecular complexity index is 147. The third-order valence-corrected chi connectivity index (χ3v) is 3.20. The third kappa shape index (κ3) is 2.38. The summed E-state index contributed by atoms with van der Waals surface area (Å²) < 4.78 is 4.99. The standard InChI is InChI=1S/C7H13NO2S/c1-2-6(7(8)9)11-5-3-10-4-5/h5-6H,2-4H2,1H3,(H2,8,9). The number of hydrogen-bond donors (Lipinski definition) is 1. The van der Waals surface area contributed by atoms with Crippen LogP contribution in [0.25, 0.3) is 0 Å². The summed E-state index contributed by atoms with van der Waals surface area (Å²) in [4.78, 5) is 10.8. The van der Waals surface area contributed by atoms with Gasteiger partial charge in [-0.2, -0.15) is 0 Å². The molecule has 4 heteroatoms. The summed E-state index contributed by atoms with van der Waals surface area (Å²) in [5.74, 6) is -0.204. The monoisotopic (exact) mass is 175 g/mol. The van der Waals surface area contributed by atoms with Crippen LogP contribution in [0, 0.1) is 0 Å². The topological polar surface area (TPSA) is 52.3 Å². The van der Waals surface area contributed by atoms with E-state index in [9.17, 15) is 4.79 Å². The number of carbonyl (C=O) groups is 1. The van der Waals surface area contributed by atoms with Gasteiger partial charge >= 0.3 is 0 Å². The highest BCUT2D eigenvalue weighted by Gasteiger charge is 2.25. The van der Waals surface area contributed by atoms with Gasteiger partial charge in [0.05, 0.1) is 23.7 Å². The molecule has 0 aromatic heterocycles. The lowest BCUT2D eigenvalue weighted by Gasteiger charge is -2.27. The molecular weight excluding hydrogens is 162 g/mol. The van der Waals surface area contributed by atoms with E-state index < -0.39 is 0 Å². The van der Waals surface area contributed by atoms with Gasteiger partial charge in [-0.15, -0.1) is 11.8 Å². The van der Waals surface area contributed by atoms with Crippen molar-refractivity contribution in [1.82, 2.24) is 0 Å². The van der Waals surface area contributed by atoms with Gasteiger partial charge in [-0.1, -0.05) is 6.92 Å². The Morgan fingerprint density at radius 3 is 2.73 bits per heavy atom.